The Balaban J connectivity index is 2.09. The summed E-state index contributed by atoms with van der Waals surface area (Å²) in [6, 6.07) is 0. The van der Waals surface area contributed by atoms with Crippen molar-refractivity contribution in [2.24, 2.45) is 17.1 Å². The van der Waals surface area contributed by atoms with Crippen LogP contribution in [0.1, 0.15) is 44.8 Å². The quantitative estimate of drug-likeness (QED) is 0.819. The van der Waals surface area contributed by atoms with Gasteiger partial charge in [-0.15, -0.1) is 0 Å². The highest BCUT2D eigenvalue weighted by Gasteiger charge is 2.43. The van der Waals surface area contributed by atoms with Crippen molar-refractivity contribution in [2.75, 3.05) is 6.54 Å². The van der Waals surface area contributed by atoms with Gasteiger partial charge in [-0.25, -0.2) is 0 Å². The molecule has 0 amide bonds. The predicted molar refractivity (Wildman–Crippen MR) is 67.4 cm³/mol. The van der Waals surface area contributed by atoms with Crippen molar-refractivity contribution in [1.82, 2.24) is 9.78 Å². The smallest absolute Gasteiger partial charge is 0.0888 e. The number of hydrogen-bond donors (Lipinski definition) is 2. The summed E-state index contributed by atoms with van der Waals surface area (Å²) in [7, 11) is 0. The highest BCUT2D eigenvalue weighted by atomic mass is 16.3. The minimum Gasteiger partial charge on any atom is -0.388 e. The molecular formula is C13H23N3O. The molecule has 96 valence electrons. The first-order valence-corrected chi connectivity index (χ1v) is 6.48. The molecule has 0 bridgehead atoms. The Hall–Kier alpha value is -0.870. The molecule has 1 atom stereocenters. The van der Waals surface area contributed by atoms with Crippen molar-refractivity contribution < 1.29 is 5.11 Å². The molecule has 0 radical (unpaired) electrons. The Morgan fingerprint density at radius 3 is 2.71 bits per heavy atom. The van der Waals surface area contributed by atoms with E-state index in [4.69, 9.17) is 5.73 Å². The first-order chi connectivity index (χ1) is 8.07. The van der Waals surface area contributed by atoms with Crippen LogP contribution in [0.3, 0.4) is 0 Å². The second-order valence-corrected chi connectivity index (χ2v) is 5.71. The number of nitrogens with two attached hydrogens (primary N) is 1. The summed E-state index contributed by atoms with van der Waals surface area (Å²) in [6.45, 7) is 5.77. The van der Waals surface area contributed by atoms with Crippen molar-refractivity contribution in [1.29, 1.82) is 0 Å². The minimum atomic E-state index is -0.456. The van der Waals surface area contributed by atoms with Crippen molar-refractivity contribution in [3.05, 3.63) is 18.0 Å². The predicted octanol–water partition coefficient (Wildman–Crippen LogP) is 1.70. The van der Waals surface area contributed by atoms with Crippen LogP contribution >= 0.6 is 0 Å². The summed E-state index contributed by atoms with van der Waals surface area (Å²) in [6.07, 6.45) is 6.51. The normalized spacial score (nSPS) is 20.3. The zero-order valence-corrected chi connectivity index (χ0v) is 10.8. The summed E-state index contributed by atoms with van der Waals surface area (Å²) in [5, 5.41) is 14.7. The molecule has 2 rings (SSSR count). The summed E-state index contributed by atoms with van der Waals surface area (Å²) in [5.74, 6) is 0.562. The molecule has 4 heteroatoms. The average molecular weight is 237 g/mol. The van der Waals surface area contributed by atoms with E-state index in [0.717, 1.165) is 24.9 Å². The maximum absolute atomic E-state index is 10.4. The molecule has 1 aromatic heterocycles. The lowest BCUT2D eigenvalue weighted by molar-refractivity contribution is -0.0297. The van der Waals surface area contributed by atoms with Gasteiger partial charge in [-0.05, 0) is 18.8 Å². The molecule has 0 spiro atoms. The summed E-state index contributed by atoms with van der Waals surface area (Å²) in [5.41, 5.74) is 6.63. The van der Waals surface area contributed by atoms with Gasteiger partial charge >= 0.3 is 0 Å². The van der Waals surface area contributed by atoms with Gasteiger partial charge in [0.25, 0.3) is 0 Å². The fraction of sp³-hybridized carbons (Fsp3) is 0.769. The molecule has 0 aromatic carbocycles. The van der Waals surface area contributed by atoms with Gasteiger partial charge < -0.3 is 10.8 Å². The van der Waals surface area contributed by atoms with Crippen LogP contribution in [0, 0.1) is 11.3 Å². The summed E-state index contributed by atoms with van der Waals surface area (Å²) in [4.78, 5) is 0. The molecule has 17 heavy (non-hydrogen) atoms. The second-order valence-electron chi connectivity index (χ2n) is 5.71. The Kier molecular flexibility index (Phi) is 3.54. The standard InChI is InChI=1S/C13H23N3O/c1-10(2)7-16-8-11(6-15-16)12(17)13(9-14)4-3-5-13/h6,8,10,12,17H,3-5,7,9,14H2,1-2H3. The molecule has 1 aliphatic carbocycles. The van der Waals surface area contributed by atoms with E-state index in [1.807, 2.05) is 10.9 Å². The first kappa shape index (κ1) is 12.6. The number of aliphatic hydroxyl groups excluding tert-OH is 1. The van der Waals surface area contributed by atoms with Crippen LogP contribution in [0.15, 0.2) is 12.4 Å². The highest BCUT2D eigenvalue weighted by Crippen LogP contribution is 2.49. The van der Waals surface area contributed by atoms with E-state index in [0.29, 0.717) is 12.5 Å². The van der Waals surface area contributed by atoms with E-state index in [1.165, 1.54) is 6.42 Å². The van der Waals surface area contributed by atoms with Gasteiger partial charge in [-0.3, -0.25) is 4.68 Å². The van der Waals surface area contributed by atoms with Crippen LogP contribution < -0.4 is 5.73 Å². The molecule has 1 aliphatic rings. The second kappa shape index (κ2) is 4.78. The van der Waals surface area contributed by atoms with Crippen LogP contribution in [0.25, 0.3) is 0 Å². The van der Waals surface area contributed by atoms with Gasteiger partial charge in [0.2, 0.25) is 0 Å². The topological polar surface area (TPSA) is 64.1 Å². The van der Waals surface area contributed by atoms with Gasteiger partial charge in [0.05, 0.1) is 12.3 Å². The fourth-order valence-corrected chi connectivity index (χ4v) is 2.57. The van der Waals surface area contributed by atoms with E-state index in [2.05, 4.69) is 18.9 Å². The average Bonchev–Trinajstić information content (AvgIpc) is 2.64. The number of aliphatic hydroxyl groups is 1. The molecule has 1 saturated carbocycles. The van der Waals surface area contributed by atoms with E-state index in [9.17, 15) is 5.11 Å². The molecule has 1 heterocycles. The van der Waals surface area contributed by atoms with Crippen LogP contribution in [-0.4, -0.2) is 21.4 Å². The van der Waals surface area contributed by atoms with E-state index in [-0.39, 0.29) is 5.41 Å². The third kappa shape index (κ3) is 2.38. The van der Waals surface area contributed by atoms with E-state index < -0.39 is 6.10 Å². The number of aromatic nitrogens is 2. The Morgan fingerprint density at radius 1 is 1.53 bits per heavy atom. The zero-order valence-electron chi connectivity index (χ0n) is 10.8. The third-order valence-electron chi connectivity index (χ3n) is 3.86. The van der Waals surface area contributed by atoms with E-state index >= 15 is 0 Å². The first-order valence-electron chi connectivity index (χ1n) is 6.48. The van der Waals surface area contributed by atoms with Gasteiger partial charge in [0.1, 0.15) is 0 Å². The van der Waals surface area contributed by atoms with Crippen LogP contribution in [0.2, 0.25) is 0 Å². The van der Waals surface area contributed by atoms with E-state index in [1.54, 1.807) is 6.20 Å². The Bertz CT molecular complexity index is 363. The molecule has 0 saturated heterocycles. The van der Waals surface area contributed by atoms with Gasteiger partial charge in [-0.1, -0.05) is 20.3 Å². The maximum atomic E-state index is 10.4. The molecule has 1 aromatic rings. The van der Waals surface area contributed by atoms with Crippen molar-refractivity contribution in [3.63, 3.8) is 0 Å². The Morgan fingerprint density at radius 2 is 2.24 bits per heavy atom. The number of nitrogens with zero attached hydrogens (tertiary/aromatic N) is 2. The summed E-state index contributed by atoms with van der Waals surface area (Å²) < 4.78 is 1.91. The van der Waals surface area contributed by atoms with Crippen LogP contribution in [-0.2, 0) is 6.54 Å². The number of hydrogen-bond acceptors (Lipinski definition) is 3. The van der Waals surface area contributed by atoms with Crippen molar-refractivity contribution in [2.45, 2.75) is 45.8 Å². The fourth-order valence-electron chi connectivity index (χ4n) is 2.57. The summed E-state index contributed by atoms with van der Waals surface area (Å²) >= 11 is 0. The van der Waals surface area contributed by atoms with Crippen molar-refractivity contribution in [3.8, 4) is 0 Å². The Labute approximate surface area is 103 Å². The molecule has 4 nitrogen and oxygen atoms in total. The molecular weight excluding hydrogens is 214 g/mol. The minimum absolute atomic E-state index is 0.0916. The van der Waals surface area contributed by atoms with Crippen LogP contribution in [0.4, 0.5) is 0 Å². The zero-order chi connectivity index (χ0) is 12.5. The third-order valence-corrected chi connectivity index (χ3v) is 3.86. The highest BCUT2D eigenvalue weighted by molar-refractivity contribution is 5.14. The molecule has 0 aliphatic heterocycles. The molecule has 1 unspecified atom stereocenters. The van der Waals surface area contributed by atoms with Gasteiger partial charge in [-0.2, -0.15) is 5.10 Å². The molecule has 1 fully saturated rings. The SMILES string of the molecule is CC(C)Cn1cc(C(O)C2(CN)CCC2)cn1. The van der Waals surface area contributed by atoms with Crippen LogP contribution in [0.5, 0.6) is 0 Å². The lowest BCUT2D eigenvalue weighted by Crippen LogP contribution is -2.42. The maximum Gasteiger partial charge on any atom is 0.0888 e. The lowest BCUT2D eigenvalue weighted by Gasteiger charge is -2.44. The lowest BCUT2D eigenvalue weighted by atomic mass is 9.64. The monoisotopic (exact) mass is 237 g/mol. The largest absolute Gasteiger partial charge is 0.388 e. The molecule has 3 N–H and O–H groups in total. The number of rotatable bonds is 5. The van der Waals surface area contributed by atoms with Crippen molar-refractivity contribution >= 4 is 0 Å². The van der Waals surface area contributed by atoms with Gasteiger partial charge in [0.15, 0.2) is 0 Å². The van der Waals surface area contributed by atoms with Gasteiger partial charge in [0, 0.05) is 30.3 Å².